The Morgan fingerprint density at radius 3 is 2.26 bits per heavy atom. The molecule has 0 aromatic rings. The second-order valence-corrected chi connectivity index (χ2v) is 10.5. The van der Waals surface area contributed by atoms with Crippen molar-refractivity contribution in [3.05, 3.63) is 12.2 Å². The lowest BCUT2D eigenvalue weighted by Crippen LogP contribution is -2.72. The molecular formula is C23H34O8. The fourth-order valence-electron chi connectivity index (χ4n) is 5.94. The summed E-state index contributed by atoms with van der Waals surface area (Å²) in [4.78, 5) is 36.6. The second kappa shape index (κ2) is 7.59. The molecule has 2 saturated carbocycles. The van der Waals surface area contributed by atoms with E-state index in [-0.39, 0.29) is 5.57 Å². The van der Waals surface area contributed by atoms with E-state index < -0.39 is 70.8 Å². The summed E-state index contributed by atoms with van der Waals surface area (Å²) < 4.78 is 23.5. The Hall–Kier alpha value is -1.93. The van der Waals surface area contributed by atoms with Gasteiger partial charge in [0.05, 0.1) is 28.6 Å². The van der Waals surface area contributed by atoms with E-state index in [9.17, 15) is 19.5 Å². The Bertz CT molecular complexity index is 794. The molecule has 2 aliphatic carbocycles. The fraction of sp³-hybridized carbons (Fsp3) is 0.783. The van der Waals surface area contributed by atoms with Crippen molar-refractivity contribution in [3.63, 3.8) is 0 Å². The van der Waals surface area contributed by atoms with E-state index in [1.165, 1.54) is 13.8 Å². The zero-order chi connectivity index (χ0) is 23.5. The van der Waals surface area contributed by atoms with Crippen molar-refractivity contribution < 1.29 is 38.4 Å². The van der Waals surface area contributed by atoms with Gasteiger partial charge in [-0.1, -0.05) is 13.5 Å². The number of hydrogen-bond donors (Lipinski definition) is 1. The maximum absolute atomic E-state index is 12.5. The highest BCUT2D eigenvalue weighted by molar-refractivity contribution is 5.91. The van der Waals surface area contributed by atoms with Crippen molar-refractivity contribution in [2.24, 2.45) is 17.3 Å². The highest BCUT2D eigenvalue weighted by Crippen LogP contribution is 2.61. The molecule has 8 atom stereocenters. The summed E-state index contributed by atoms with van der Waals surface area (Å²) in [6.45, 7) is 15.7. The van der Waals surface area contributed by atoms with Crippen LogP contribution in [-0.4, -0.2) is 58.6 Å². The van der Waals surface area contributed by atoms with Crippen molar-refractivity contribution >= 4 is 17.9 Å². The monoisotopic (exact) mass is 438 g/mol. The summed E-state index contributed by atoms with van der Waals surface area (Å²) in [5, 5.41) is 11.6. The topological polar surface area (TPSA) is 108 Å². The molecule has 1 aliphatic heterocycles. The molecule has 0 radical (unpaired) electrons. The SMILES string of the molecule is C=C1C(=O)OC2C1C(OC(C)(C)C)C1C(C)(O)CCC(OC(C)=O)C1(C)C2OC(C)=O. The zero-order valence-corrected chi connectivity index (χ0v) is 19.4. The van der Waals surface area contributed by atoms with Crippen LogP contribution in [-0.2, 0) is 33.3 Å². The summed E-state index contributed by atoms with van der Waals surface area (Å²) >= 11 is 0. The first kappa shape index (κ1) is 23.7. The molecule has 3 aliphatic rings. The first-order valence-corrected chi connectivity index (χ1v) is 10.7. The van der Waals surface area contributed by atoms with Gasteiger partial charge in [0.25, 0.3) is 0 Å². The molecular weight excluding hydrogens is 404 g/mol. The third-order valence-electron chi connectivity index (χ3n) is 6.89. The molecule has 8 unspecified atom stereocenters. The van der Waals surface area contributed by atoms with Gasteiger partial charge in [-0.3, -0.25) is 9.59 Å². The van der Waals surface area contributed by atoms with Gasteiger partial charge in [0.2, 0.25) is 0 Å². The summed E-state index contributed by atoms with van der Waals surface area (Å²) in [5.41, 5.74) is -2.69. The number of aliphatic hydroxyl groups is 1. The maximum atomic E-state index is 12.5. The van der Waals surface area contributed by atoms with Crippen molar-refractivity contribution in [1.82, 2.24) is 0 Å². The van der Waals surface area contributed by atoms with Crippen molar-refractivity contribution in [1.29, 1.82) is 0 Å². The van der Waals surface area contributed by atoms with Gasteiger partial charge in [0.1, 0.15) is 18.3 Å². The standard InChI is InChI=1S/C23H34O8/c1-11-15-16(31-21(4,5)6)18-22(7,27)10-9-14(28-12(2)24)23(18,8)19(29-13(3)25)17(15)30-20(11)26/h14-19,27H,1,9-10H2,2-8H3. The van der Waals surface area contributed by atoms with E-state index >= 15 is 0 Å². The average molecular weight is 439 g/mol. The molecule has 3 fully saturated rings. The van der Waals surface area contributed by atoms with Gasteiger partial charge in [-0.25, -0.2) is 4.79 Å². The first-order chi connectivity index (χ1) is 14.1. The first-order valence-electron chi connectivity index (χ1n) is 10.7. The predicted molar refractivity (Wildman–Crippen MR) is 110 cm³/mol. The number of hydrogen-bond acceptors (Lipinski definition) is 8. The van der Waals surface area contributed by atoms with E-state index in [2.05, 4.69) is 6.58 Å². The van der Waals surface area contributed by atoms with Gasteiger partial charge < -0.3 is 24.1 Å². The zero-order valence-electron chi connectivity index (χ0n) is 19.4. The van der Waals surface area contributed by atoms with E-state index in [1.54, 1.807) is 6.92 Å². The van der Waals surface area contributed by atoms with Crippen LogP contribution in [0.25, 0.3) is 0 Å². The second-order valence-electron chi connectivity index (χ2n) is 10.5. The van der Waals surface area contributed by atoms with Gasteiger partial charge >= 0.3 is 17.9 Å². The normalized spacial score (nSPS) is 42.3. The number of carbonyl (C=O) groups excluding carboxylic acids is 3. The van der Waals surface area contributed by atoms with Crippen molar-refractivity contribution in [3.8, 4) is 0 Å². The minimum atomic E-state index is -1.24. The largest absolute Gasteiger partial charge is 0.462 e. The molecule has 8 nitrogen and oxygen atoms in total. The Balaban J connectivity index is 2.24. The van der Waals surface area contributed by atoms with E-state index in [1.807, 2.05) is 27.7 Å². The van der Waals surface area contributed by atoms with Crippen molar-refractivity contribution in [2.75, 3.05) is 0 Å². The molecule has 0 aromatic carbocycles. The maximum Gasteiger partial charge on any atom is 0.334 e. The predicted octanol–water partition coefficient (Wildman–Crippen LogP) is 2.31. The molecule has 0 amide bonds. The molecule has 0 aromatic heterocycles. The lowest BCUT2D eigenvalue weighted by molar-refractivity contribution is -0.294. The van der Waals surface area contributed by atoms with Gasteiger partial charge in [-0.2, -0.15) is 0 Å². The molecule has 1 heterocycles. The highest BCUT2D eigenvalue weighted by atomic mass is 16.6. The fourth-order valence-corrected chi connectivity index (χ4v) is 5.94. The minimum Gasteiger partial charge on any atom is -0.462 e. The van der Waals surface area contributed by atoms with Crippen LogP contribution < -0.4 is 0 Å². The van der Waals surface area contributed by atoms with E-state index in [0.29, 0.717) is 12.8 Å². The molecule has 8 heteroatoms. The Labute approximate surface area is 183 Å². The van der Waals surface area contributed by atoms with Crippen molar-refractivity contribution in [2.45, 2.75) is 96.9 Å². The van der Waals surface area contributed by atoms with Crippen LogP contribution in [0, 0.1) is 17.3 Å². The van der Waals surface area contributed by atoms with Crippen LogP contribution >= 0.6 is 0 Å². The summed E-state index contributed by atoms with van der Waals surface area (Å²) in [7, 11) is 0. The quantitative estimate of drug-likeness (QED) is 0.406. The van der Waals surface area contributed by atoms with Crippen LogP contribution in [0.4, 0.5) is 0 Å². The molecule has 3 rings (SSSR count). The molecule has 0 bridgehead atoms. The molecule has 1 N–H and O–H groups in total. The number of carbonyl (C=O) groups is 3. The molecule has 174 valence electrons. The number of esters is 3. The minimum absolute atomic E-state index is 0.226. The van der Waals surface area contributed by atoms with Gasteiger partial charge in [-0.05, 0) is 40.5 Å². The van der Waals surface area contributed by atoms with Crippen LogP contribution in [0.3, 0.4) is 0 Å². The average Bonchev–Trinajstić information content (AvgIpc) is 2.87. The van der Waals surface area contributed by atoms with Gasteiger partial charge in [0, 0.05) is 25.3 Å². The Morgan fingerprint density at radius 1 is 1.16 bits per heavy atom. The summed E-state index contributed by atoms with van der Waals surface area (Å²) in [6, 6.07) is 0. The third kappa shape index (κ3) is 4.00. The molecule has 0 spiro atoms. The number of ether oxygens (including phenoxy) is 4. The lowest BCUT2D eigenvalue weighted by Gasteiger charge is -2.62. The number of rotatable bonds is 3. The lowest BCUT2D eigenvalue weighted by atomic mass is 9.49. The van der Waals surface area contributed by atoms with E-state index in [4.69, 9.17) is 18.9 Å². The summed E-state index contributed by atoms with van der Waals surface area (Å²) in [5.74, 6) is -2.86. The summed E-state index contributed by atoms with van der Waals surface area (Å²) in [6.07, 6.45) is -2.43. The number of fused-ring (bicyclic) bond motifs is 2. The molecule has 1 saturated heterocycles. The van der Waals surface area contributed by atoms with Crippen LogP contribution in [0.1, 0.15) is 61.3 Å². The van der Waals surface area contributed by atoms with Crippen LogP contribution in [0.2, 0.25) is 0 Å². The Kier molecular flexibility index (Phi) is 5.81. The third-order valence-corrected chi connectivity index (χ3v) is 6.89. The van der Waals surface area contributed by atoms with E-state index in [0.717, 1.165) is 0 Å². The highest BCUT2D eigenvalue weighted by Gasteiger charge is 2.72. The van der Waals surface area contributed by atoms with Gasteiger partial charge in [-0.15, -0.1) is 0 Å². The van der Waals surface area contributed by atoms with Crippen LogP contribution in [0.15, 0.2) is 12.2 Å². The Morgan fingerprint density at radius 2 is 1.74 bits per heavy atom. The smallest absolute Gasteiger partial charge is 0.334 e. The van der Waals surface area contributed by atoms with Crippen LogP contribution in [0.5, 0.6) is 0 Å². The van der Waals surface area contributed by atoms with Gasteiger partial charge in [0.15, 0.2) is 0 Å². The molecule has 31 heavy (non-hydrogen) atoms.